The van der Waals surface area contributed by atoms with E-state index in [0.29, 0.717) is 0 Å². The molecule has 0 radical (unpaired) electrons. The van der Waals surface area contributed by atoms with Gasteiger partial charge in [0.2, 0.25) is 0 Å². The van der Waals surface area contributed by atoms with Crippen molar-refractivity contribution in [1.29, 1.82) is 0 Å². The van der Waals surface area contributed by atoms with Crippen LogP contribution in [0.1, 0.15) is 0 Å². The topological polar surface area (TPSA) is 30.6 Å². The zero-order valence-electron chi connectivity index (χ0n) is 56.9. The standard InChI is InChI=1S/C50H30N2.C34H22N2.C16H9Cl/c1-2-13-35(14-3-1)51-46-19-7-6-16-39(46)44-28-33(21-26-47(44)51)34-22-27-48-45(29-34)42-24-20-31-10-4-5-15-37(31)50(42)52(48)36-23-25-38-40-17-8-11-32-12-9-18-41(49(32)40)43(38)30-36;1-2-9-25(10-3-1)36-32-13-7-6-12-27(32)30-21-24(16-19-33(30)36)23-15-18-31-29(20-23)28-17-14-22-8-4-5-11-26(22)34(28)35-31;17-11-7-8-12-13-5-1-3-10-4-2-6-14(16(10)13)15(12)9-11/h1-30H;1-21,35H;1-9H. The summed E-state index contributed by atoms with van der Waals surface area (Å²) >= 11 is 6.10. The molecular formula is C100H61ClN4. The lowest BCUT2D eigenvalue weighted by molar-refractivity contribution is 1.18. The Morgan fingerprint density at radius 1 is 0.210 bits per heavy atom. The van der Waals surface area contributed by atoms with Gasteiger partial charge in [0.05, 0.1) is 38.6 Å². The lowest BCUT2D eigenvalue weighted by Gasteiger charge is -2.13. The van der Waals surface area contributed by atoms with E-state index in [0.717, 1.165) is 5.02 Å². The van der Waals surface area contributed by atoms with Gasteiger partial charge >= 0.3 is 0 Å². The molecule has 0 atom stereocenters. The van der Waals surface area contributed by atoms with Gasteiger partial charge in [-0.1, -0.05) is 266 Å². The smallest absolute Gasteiger partial charge is 0.0619 e. The second kappa shape index (κ2) is 23.3. The molecule has 5 heteroatoms. The second-order valence-electron chi connectivity index (χ2n) is 28.0. The first-order valence-corrected chi connectivity index (χ1v) is 36.4. The fraction of sp³-hybridized carbons (Fsp3) is 0. The van der Waals surface area contributed by atoms with Gasteiger partial charge in [-0.15, -0.1) is 0 Å². The molecule has 1 N–H and O–H groups in total. The van der Waals surface area contributed by atoms with Gasteiger partial charge in [-0.25, -0.2) is 0 Å². The molecular weight excluding hydrogens is 1290 g/mol. The first kappa shape index (κ1) is 59.2. The van der Waals surface area contributed by atoms with Crippen LogP contribution in [0.2, 0.25) is 5.02 Å². The lowest BCUT2D eigenvalue weighted by Crippen LogP contribution is -1.95. The highest BCUT2D eigenvalue weighted by Crippen LogP contribution is 2.51. The molecule has 488 valence electrons. The zero-order chi connectivity index (χ0) is 69.0. The number of halogens is 1. The minimum absolute atomic E-state index is 0.800. The Labute approximate surface area is 609 Å². The molecule has 0 amide bonds. The fourth-order valence-electron chi connectivity index (χ4n) is 17.7. The number of hydrogen-bond donors (Lipinski definition) is 1. The Balaban J connectivity index is 0.000000112. The first-order valence-electron chi connectivity index (χ1n) is 36.1. The molecule has 0 fully saturated rings. The Hall–Kier alpha value is -13.5. The number of para-hydroxylation sites is 4. The lowest BCUT2D eigenvalue weighted by atomic mass is 10.00. The molecule has 2 aliphatic rings. The van der Waals surface area contributed by atoms with Gasteiger partial charge in [-0.3, -0.25) is 0 Å². The minimum atomic E-state index is 0.800. The van der Waals surface area contributed by atoms with Crippen LogP contribution in [0, 0.1) is 0 Å². The molecule has 0 aliphatic heterocycles. The average molecular weight is 1350 g/mol. The largest absolute Gasteiger partial charge is 0.354 e. The summed E-state index contributed by atoms with van der Waals surface area (Å²) in [6.07, 6.45) is 0. The summed E-state index contributed by atoms with van der Waals surface area (Å²) in [6, 6.07) is 132. The zero-order valence-corrected chi connectivity index (χ0v) is 57.6. The van der Waals surface area contributed by atoms with E-state index in [9.17, 15) is 0 Å². The number of nitrogens with one attached hydrogen (secondary N) is 1. The van der Waals surface area contributed by atoms with Gasteiger partial charge in [0.15, 0.2) is 0 Å². The third-order valence-corrected chi connectivity index (χ3v) is 22.6. The summed E-state index contributed by atoms with van der Waals surface area (Å²) in [6.45, 7) is 0. The summed E-state index contributed by atoms with van der Waals surface area (Å²) in [5, 5.41) is 21.3. The van der Waals surface area contributed by atoms with Crippen LogP contribution in [0.3, 0.4) is 0 Å². The SMILES string of the molecule is Clc1ccc2c(c1)-c1cccc3cccc-2c13.c1ccc(-n2c3ccccc3c3cc(-c4ccc5[nH]c6c7ccccc7ccc6c5c4)ccc32)cc1.c1ccc(-n2c3ccccc3c3cc(-c4ccc5c(c4)c4ccc6ccccc6c4n5-c4ccc5c(c4)-c4cccc6cccc-5c46)ccc32)cc1. The summed E-state index contributed by atoms with van der Waals surface area (Å²) < 4.78 is 7.24. The maximum atomic E-state index is 6.10. The number of hydrogen-bond acceptors (Lipinski definition) is 0. The number of H-pyrrole nitrogens is 1. The maximum Gasteiger partial charge on any atom is 0.0619 e. The number of aromatic nitrogens is 4. The molecule has 24 rings (SSSR count). The van der Waals surface area contributed by atoms with Crippen molar-refractivity contribution in [3.05, 3.63) is 369 Å². The molecule has 0 bridgehead atoms. The maximum absolute atomic E-state index is 6.10. The van der Waals surface area contributed by atoms with E-state index in [2.05, 4.69) is 377 Å². The quantitative estimate of drug-likeness (QED) is 0.178. The Morgan fingerprint density at radius 2 is 0.619 bits per heavy atom. The average Bonchev–Trinajstić information content (AvgIpc) is 1.58. The summed E-state index contributed by atoms with van der Waals surface area (Å²) in [5.41, 5.74) is 28.6. The number of aromatic amines is 1. The van der Waals surface area contributed by atoms with Gasteiger partial charge in [0.25, 0.3) is 0 Å². The van der Waals surface area contributed by atoms with Crippen molar-refractivity contribution < 1.29 is 0 Å². The van der Waals surface area contributed by atoms with Crippen LogP contribution >= 0.6 is 11.6 Å². The van der Waals surface area contributed by atoms with Crippen molar-refractivity contribution in [2.45, 2.75) is 0 Å². The van der Waals surface area contributed by atoms with E-state index in [-0.39, 0.29) is 0 Å². The van der Waals surface area contributed by atoms with Crippen molar-refractivity contribution in [2.75, 3.05) is 0 Å². The summed E-state index contributed by atoms with van der Waals surface area (Å²) in [7, 11) is 0. The summed E-state index contributed by atoms with van der Waals surface area (Å²) in [5.74, 6) is 0. The van der Waals surface area contributed by atoms with Crippen LogP contribution in [-0.2, 0) is 0 Å². The number of fused-ring (bicyclic) bond motifs is 22. The predicted molar refractivity (Wildman–Crippen MR) is 446 cm³/mol. The molecule has 0 spiro atoms. The van der Waals surface area contributed by atoms with Crippen LogP contribution in [0.25, 0.3) is 214 Å². The van der Waals surface area contributed by atoms with Gasteiger partial charge < -0.3 is 18.7 Å². The van der Waals surface area contributed by atoms with E-state index in [1.165, 1.54) is 214 Å². The van der Waals surface area contributed by atoms with E-state index in [1.807, 2.05) is 6.07 Å². The van der Waals surface area contributed by atoms with E-state index in [1.54, 1.807) is 0 Å². The molecule has 4 aromatic heterocycles. The molecule has 2 aliphatic carbocycles. The minimum Gasteiger partial charge on any atom is -0.354 e. The normalized spacial score (nSPS) is 12.0. The predicted octanol–water partition coefficient (Wildman–Crippen LogP) is 27.9. The van der Waals surface area contributed by atoms with Gasteiger partial charge in [0.1, 0.15) is 0 Å². The highest BCUT2D eigenvalue weighted by molar-refractivity contribution is 6.32. The number of nitrogens with zero attached hydrogens (tertiary/aromatic N) is 3. The van der Waals surface area contributed by atoms with Crippen molar-refractivity contribution in [3.63, 3.8) is 0 Å². The fourth-order valence-corrected chi connectivity index (χ4v) is 17.9. The highest BCUT2D eigenvalue weighted by atomic mass is 35.5. The van der Waals surface area contributed by atoms with Gasteiger partial charge in [-0.2, -0.15) is 0 Å². The first-order chi connectivity index (χ1) is 52.0. The van der Waals surface area contributed by atoms with E-state index in [4.69, 9.17) is 11.6 Å². The van der Waals surface area contributed by atoms with Gasteiger partial charge in [0, 0.05) is 81.5 Å². The van der Waals surface area contributed by atoms with Crippen molar-refractivity contribution >= 4 is 142 Å². The van der Waals surface area contributed by atoms with Crippen LogP contribution in [0.4, 0.5) is 0 Å². The molecule has 0 saturated carbocycles. The third-order valence-electron chi connectivity index (χ3n) is 22.4. The number of rotatable bonds is 5. The Bertz CT molecular complexity index is 7400. The molecule has 0 unspecified atom stereocenters. The van der Waals surface area contributed by atoms with Crippen molar-refractivity contribution in [1.82, 2.24) is 18.7 Å². The Morgan fingerprint density at radius 3 is 1.18 bits per heavy atom. The summed E-state index contributed by atoms with van der Waals surface area (Å²) in [4.78, 5) is 3.67. The molecule has 0 saturated heterocycles. The second-order valence-corrected chi connectivity index (χ2v) is 28.5. The monoisotopic (exact) mass is 1350 g/mol. The van der Waals surface area contributed by atoms with Crippen LogP contribution in [0.15, 0.2) is 364 Å². The molecule has 18 aromatic carbocycles. The molecule has 4 nitrogen and oxygen atoms in total. The molecule has 4 heterocycles. The van der Waals surface area contributed by atoms with Crippen molar-refractivity contribution in [3.8, 4) is 83.8 Å². The molecule has 105 heavy (non-hydrogen) atoms. The third kappa shape index (κ3) is 9.14. The Kier molecular flexibility index (Phi) is 13.1. The molecule has 22 aromatic rings. The van der Waals surface area contributed by atoms with Crippen LogP contribution in [0.5, 0.6) is 0 Å². The number of benzene rings is 18. The van der Waals surface area contributed by atoms with Crippen molar-refractivity contribution in [2.24, 2.45) is 0 Å². The highest BCUT2D eigenvalue weighted by Gasteiger charge is 2.26. The van der Waals surface area contributed by atoms with Crippen LogP contribution < -0.4 is 0 Å². The van der Waals surface area contributed by atoms with Gasteiger partial charge in [-0.05, 0) is 208 Å². The van der Waals surface area contributed by atoms with E-state index >= 15 is 0 Å². The van der Waals surface area contributed by atoms with Crippen LogP contribution in [-0.4, -0.2) is 18.7 Å². The van der Waals surface area contributed by atoms with E-state index < -0.39 is 0 Å².